The molecule has 32 heteroatoms. The molecule has 7 aromatic rings. The van der Waals surface area contributed by atoms with Crippen LogP contribution in [0.5, 0.6) is 0 Å². The van der Waals surface area contributed by atoms with E-state index in [-0.39, 0.29) is 21.9 Å². The molecule has 5 heterocycles. The summed E-state index contributed by atoms with van der Waals surface area (Å²) >= 11 is 0. The first-order chi connectivity index (χ1) is 31.2. The average Bonchev–Trinajstić information content (AvgIpc) is 3.96. The van der Waals surface area contributed by atoms with Crippen LogP contribution in [0.2, 0.25) is 0 Å². The number of hydrogen-bond donors (Lipinski definition) is 2. The van der Waals surface area contributed by atoms with Gasteiger partial charge in [0.15, 0.2) is 23.3 Å². The lowest BCUT2D eigenvalue weighted by atomic mass is 10.1. The molecule has 0 unspecified atom stereocenters. The normalized spacial score (nSPS) is 14.1. The fourth-order valence-electron chi connectivity index (χ4n) is 6.91. The molecule has 8 bridgehead atoms. The molecule has 2 N–H and O–H groups in total. The summed E-state index contributed by atoms with van der Waals surface area (Å²) in [6.45, 7) is 0. The van der Waals surface area contributed by atoms with E-state index in [2.05, 4.69) is 39.9 Å². The number of benzene rings is 4. The van der Waals surface area contributed by atoms with Crippen molar-refractivity contribution < 1.29 is 86.4 Å². The van der Waals surface area contributed by atoms with Crippen molar-refractivity contribution in [3.05, 3.63) is 72.8 Å². The van der Waals surface area contributed by atoms with Crippen LogP contribution in [0.4, 0.5) is 52.7 Å². The van der Waals surface area contributed by atoms with Gasteiger partial charge in [0.25, 0.3) is 39.3 Å². The molecule has 4 aromatic carbocycles. The number of nitrogens with one attached hydrogen (secondary N) is 2. The molecule has 0 atom stereocenters. The zero-order valence-electron chi connectivity index (χ0n) is 32.0. The van der Waals surface area contributed by atoms with Crippen LogP contribution in [0.15, 0.2) is 92.4 Å². The van der Waals surface area contributed by atoms with Crippen molar-refractivity contribution in [3.8, 4) is 45.6 Å². The Morgan fingerprint density at radius 2 is 0.559 bits per heavy atom. The fraction of sp³-hybridized carbons (Fsp3) is 0.111. The van der Waals surface area contributed by atoms with Gasteiger partial charge < -0.3 is 9.97 Å². The number of alkyl halides is 12. The van der Waals surface area contributed by atoms with Crippen LogP contribution in [-0.2, 0) is 39.3 Å². The van der Waals surface area contributed by atoms with E-state index in [0.717, 1.165) is 24.3 Å². The number of fused-ring (bicyclic) bond motifs is 20. The van der Waals surface area contributed by atoms with Crippen molar-refractivity contribution in [1.82, 2.24) is 39.9 Å². The van der Waals surface area contributed by atoms with Gasteiger partial charge in [-0.05, 0) is 72.8 Å². The largest absolute Gasteiger partial charge is 0.501 e. The van der Waals surface area contributed by atoms with Gasteiger partial charge in [-0.3, -0.25) is 0 Å². The van der Waals surface area contributed by atoms with E-state index in [1.54, 1.807) is 0 Å². The molecular weight excluding hydrogens is 1030 g/mol. The molecule has 2 aliphatic heterocycles. The zero-order chi connectivity index (χ0) is 49.7. The summed E-state index contributed by atoms with van der Waals surface area (Å²) in [7, 11) is -24.5. The summed E-state index contributed by atoms with van der Waals surface area (Å²) in [6.07, 6.45) is 0. The Morgan fingerprint density at radius 1 is 0.309 bits per heavy atom. The van der Waals surface area contributed by atoms with Gasteiger partial charge in [0.05, 0.1) is 19.6 Å². The minimum absolute atomic E-state index is 0.247. The fourth-order valence-corrected chi connectivity index (χ4v) is 10.1. The molecule has 16 nitrogen and oxygen atoms in total. The Balaban J connectivity index is 1.48. The zero-order valence-corrected chi connectivity index (χ0v) is 35.3. The van der Waals surface area contributed by atoms with Crippen molar-refractivity contribution in [3.63, 3.8) is 0 Å². The van der Waals surface area contributed by atoms with Crippen LogP contribution in [0.1, 0.15) is 0 Å². The molecule has 0 spiro atoms. The molecule has 0 aliphatic carbocycles. The summed E-state index contributed by atoms with van der Waals surface area (Å²) < 4.78 is 266. The molecule has 3 aromatic heterocycles. The SMILES string of the molecule is O=S(=O)(c1ccc2c(c1)-c1nc-2nc2[nH]c(nc3nc(nc4[nH]c(n1)c1ccc(S(=O)(=O)C(F)(F)F)cc41)-c1cc(S(=O)(=O)C(F)(F)F)ccc1-3)c1cc(S(=O)(=O)C(F)(F)F)ccc21)C(F)(F)F. The number of hydrogen-bond acceptors (Lipinski definition) is 14. The average molecular weight is 1040 g/mol. The highest BCUT2D eigenvalue weighted by Gasteiger charge is 2.50. The predicted molar refractivity (Wildman–Crippen MR) is 209 cm³/mol. The molecule has 0 fully saturated rings. The van der Waals surface area contributed by atoms with Crippen LogP contribution in [0.25, 0.3) is 89.7 Å². The first-order valence-electron chi connectivity index (χ1n) is 17.9. The molecule has 0 saturated heterocycles. The molecule has 9 rings (SSSR count). The first kappa shape index (κ1) is 46.3. The van der Waals surface area contributed by atoms with Gasteiger partial charge in [0.2, 0.25) is 0 Å². The number of H-pyrrole nitrogens is 2. The van der Waals surface area contributed by atoms with Crippen molar-refractivity contribution in [2.24, 2.45) is 0 Å². The minimum Gasteiger partial charge on any atom is -0.324 e. The maximum atomic E-state index is 13.8. The highest BCUT2D eigenvalue weighted by Crippen LogP contribution is 2.43. The van der Waals surface area contributed by atoms with Crippen LogP contribution in [0.3, 0.4) is 0 Å². The lowest BCUT2D eigenvalue weighted by molar-refractivity contribution is -0.0442. The summed E-state index contributed by atoms with van der Waals surface area (Å²) in [5.41, 5.74) is -27.7. The van der Waals surface area contributed by atoms with Crippen molar-refractivity contribution in [1.29, 1.82) is 0 Å². The number of sulfone groups is 4. The number of halogens is 12. The standard InChI is InChI=1S/C36H14F12N8O8S4/c37-33(38,39)65(57,58)13-1-5-17-21(9-13)29-50-25(17)49-26-18-6-2-14(66(59,60)34(40,41)42)10-22(18)30(51-26)53-28-20-8-4-16(68(63,64)36(46,47)48)12-24(20)32(55-28)56-31-23-11-15(67(61,62)35(43,44)45)3-7-19(23)27(52-29)54-31/h1-12H,(H2,49,50,51,52,53,54,55,56). The number of aromatic nitrogens is 8. The van der Waals surface area contributed by atoms with E-state index in [9.17, 15) is 86.4 Å². The Hall–Kier alpha value is -6.80. The van der Waals surface area contributed by atoms with Gasteiger partial charge in [-0.15, -0.1) is 0 Å². The van der Waals surface area contributed by atoms with Gasteiger partial charge in [-0.25, -0.2) is 63.6 Å². The van der Waals surface area contributed by atoms with Gasteiger partial charge in [0, 0.05) is 43.8 Å². The molecule has 0 saturated carbocycles. The molecular formula is C36H14F12N8O8S4. The Labute approximate surface area is 368 Å². The third kappa shape index (κ3) is 7.00. The van der Waals surface area contributed by atoms with Crippen LogP contribution in [0, 0.1) is 0 Å². The highest BCUT2D eigenvalue weighted by molar-refractivity contribution is 7.93. The lowest BCUT2D eigenvalue weighted by Gasteiger charge is -2.09. The minimum atomic E-state index is -6.16. The summed E-state index contributed by atoms with van der Waals surface area (Å²) in [5, 5.41) is -1.68. The predicted octanol–water partition coefficient (Wildman–Crippen LogP) is 8.04. The van der Waals surface area contributed by atoms with Crippen molar-refractivity contribution >= 4 is 83.5 Å². The third-order valence-electron chi connectivity index (χ3n) is 10.2. The van der Waals surface area contributed by atoms with E-state index < -0.39 is 149 Å². The molecule has 0 amide bonds. The second-order valence-corrected chi connectivity index (χ2v) is 22.0. The van der Waals surface area contributed by atoms with Gasteiger partial charge in [0.1, 0.15) is 22.6 Å². The first-order valence-corrected chi connectivity index (χ1v) is 23.8. The number of nitrogens with zero attached hydrogens (tertiary/aromatic N) is 6. The Morgan fingerprint density at radius 3 is 0.853 bits per heavy atom. The molecule has 0 radical (unpaired) electrons. The monoisotopic (exact) mass is 1040 g/mol. The quantitative estimate of drug-likeness (QED) is 0.159. The number of aromatic amines is 2. The van der Waals surface area contributed by atoms with Crippen molar-refractivity contribution in [2.75, 3.05) is 0 Å². The lowest BCUT2D eigenvalue weighted by Crippen LogP contribution is -2.23. The molecule has 2 aliphatic rings. The van der Waals surface area contributed by atoms with E-state index in [4.69, 9.17) is 0 Å². The second kappa shape index (κ2) is 14.4. The highest BCUT2D eigenvalue weighted by atomic mass is 32.2. The van der Waals surface area contributed by atoms with Crippen molar-refractivity contribution in [2.45, 2.75) is 41.6 Å². The van der Waals surface area contributed by atoms with Crippen LogP contribution in [-0.4, -0.2) is 95.6 Å². The van der Waals surface area contributed by atoms with Gasteiger partial charge in [-0.2, -0.15) is 52.7 Å². The van der Waals surface area contributed by atoms with E-state index >= 15 is 0 Å². The summed E-state index contributed by atoms with van der Waals surface area (Å²) in [5.74, 6) is -2.68. The van der Waals surface area contributed by atoms with E-state index in [0.29, 0.717) is 48.5 Å². The molecule has 354 valence electrons. The Bertz CT molecular complexity index is 4060. The smallest absolute Gasteiger partial charge is 0.324 e. The maximum Gasteiger partial charge on any atom is 0.501 e. The summed E-state index contributed by atoms with van der Waals surface area (Å²) in [4.78, 5) is 24.9. The maximum absolute atomic E-state index is 13.8. The van der Waals surface area contributed by atoms with E-state index in [1.165, 1.54) is 0 Å². The number of rotatable bonds is 4. The topological polar surface area (TPSA) is 245 Å². The second-order valence-electron chi connectivity index (χ2n) is 14.2. The van der Waals surface area contributed by atoms with E-state index in [1.807, 2.05) is 0 Å². The van der Waals surface area contributed by atoms with Crippen LogP contribution >= 0.6 is 0 Å². The summed E-state index contributed by atoms with van der Waals surface area (Å²) in [6, 6.07) is 6.88. The third-order valence-corrected chi connectivity index (χ3v) is 16.1. The Kier molecular flexibility index (Phi) is 9.78. The molecule has 68 heavy (non-hydrogen) atoms. The van der Waals surface area contributed by atoms with Crippen LogP contribution < -0.4 is 0 Å². The van der Waals surface area contributed by atoms with Gasteiger partial charge >= 0.3 is 22.0 Å². The van der Waals surface area contributed by atoms with Gasteiger partial charge in [-0.1, -0.05) is 0 Å².